The van der Waals surface area contributed by atoms with Crippen molar-refractivity contribution in [3.63, 3.8) is 0 Å². The van der Waals surface area contributed by atoms with Gasteiger partial charge in [-0.05, 0) is 12.8 Å². The Balaban J connectivity index is 3.60. The Labute approximate surface area is 98.5 Å². The summed E-state index contributed by atoms with van der Waals surface area (Å²) in [6.45, 7) is 3.21. The smallest absolute Gasteiger partial charge is 0.337 e. The lowest BCUT2D eigenvalue weighted by Gasteiger charge is -2.32. The molecule has 1 heterocycles. The van der Waals surface area contributed by atoms with E-state index in [1.165, 1.54) is 6.20 Å². The fraction of sp³-hybridized carbons (Fsp3) is 0.500. The maximum Gasteiger partial charge on any atom is 0.337 e. The molecule has 0 atom stereocenters. The van der Waals surface area contributed by atoms with Gasteiger partial charge in [0, 0.05) is 12.3 Å². The summed E-state index contributed by atoms with van der Waals surface area (Å²) in [5, 5.41) is 8.13. The highest BCUT2D eigenvalue weighted by molar-refractivity contribution is 7.53. The highest BCUT2D eigenvalue weighted by atomic mass is 31.2. The van der Waals surface area contributed by atoms with E-state index in [4.69, 9.17) is 0 Å². The largest absolute Gasteiger partial charge is 0.503 e. The van der Waals surface area contributed by atoms with Crippen molar-refractivity contribution in [2.45, 2.75) is 31.8 Å². The first-order valence-electron chi connectivity index (χ1n) is 5.27. The first kappa shape index (κ1) is 14.0. The van der Waals surface area contributed by atoms with Gasteiger partial charge in [0.15, 0.2) is 5.75 Å². The maximum absolute atomic E-state index is 11.6. The monoisotopic (exact) mass is 261 g/mol. The molecule has 0 aromatic carbocycles. The third kappa shape index (κ3) is 2.16. The summed E-state index contributed by atoms with van der Waals surface area (Å²) in [7, 11) is -4.51. The molecule has 0 aliphatic heterocycles. The van der Waals surface area contributed by atoms with Crippen LogP contribution in [0.25, 0.3) is 0 Å². The molecule has 6 nitrogen and oxygen atoms in total. The van der Waals surface area contributed by atoms with Gasteiger partial charge in [0.2, 0.25) is 5.43 Å². The van der Waals surface area contributed by atoms with Gasteiger partial charge in [0.1, 0.15) is 5.16 Å². The molecular weight excluding hydrogens is 245 g/mol. The van der Waals surface area contributed by atoms with Crippen LogP contribution in [0.5, 0.6) is 5.75 Å². The minimum Gasteiger partial charge on any atom is -0.503 e. The maximum atomic E-state index is 11.6. The van der Waals surface area contributed by atoms with Crippen LogP contribution in [0.3, 0.4) is 0 Å². The minimum atomic E-state index is -4.51. The Morgan fingerprint density at radius 3 is 2.29 bits per heavy atom. The molecule has 17 heavy (non-hydrogen) atoms. The molecule has 0 fully saturated rings. The molecule has 1 rings (SSSR count). The summed E-state index contributed by atoms with van der Waals surface area (Å²) < 4.78 is 11.6. The molecule has 0 aliphatic carbocycles. The van der Waals surface area contributed by atoms with Crippen LogP contribution in [0.4, 0.5) is 0 Å². The lowest BCUT2D eigenvalue weighted by Crippen LogP contribution is -2.27. The molecule has 96 valence electrons. The number of H-pyrrole nitrogens is 1. The number of hydrogen-bond acceptors (Lipinski definition) is 3. The summed E-state index contributed by atoms with van der Waals surface area (Å²) in [4.78, 5) is 32.9. The van der Waals surface area contributed by atoms with E-state index in [2.05, 4.69) is 4.98 Å². The molecule has 0 spiro atoms. The first-order chi connectivity index (χ1) is 7.80. The van der Waals surface area contributed by atoms with E-state index in [-0.39, 0.29) is 18.5 Å². The lowest BCUT2D eigenvalue weighted by atomic mass is 9.96. The van der Waals surface area contributed by atoms with Crippen molar-refractivity contribution in [1.29, 1.82) is 0 Å². The van der Waals surface area contributed by atoms with Gasteiger partial charge in [0.05, 0.1) is 5.69 Å². The summed E-state index contributed by atoms with van der Waals surface area (Å²) in [6.07, 6.45) is 1.50. The Hall–Kier alpha value is -1.10. The van der Waals surface area contributed by atoms with Crippen molar-refractivity contribution in [2.24, 2.45) is 0 Å². The van der Waals surface area contributed by atoms with Crippen LogP contribution in [0.15, 0.2) is 17.1 Å². The molecule has 0 aliphatic rings. The van der Waals surface area contributed by atoms with E-state index in [0.717, 1.165) is 6.07 Å². The van der Waals surface area contributed by atoms with E-state index >= 15 is 0 Å². The predicted molar refractivity (Wildman–Crippen MR) is 63.0 cm³/mol. The summed E-state index contributed by atoms with van der Waals surface area (Å²) in [5.41, 5.74) is -0.748. The Morgan fingerprint density at radius 2 is 1.88 bits per heavy atom. The average Bonchev–Trinajstić information content (AvgIpc) is 2.24. The highest BCUT2D eigenvalue weighted by Gasteiger charge is 2.48. The van der Waals surface area contributed by atoms with E-state index in [1.807, 2.05) is 0 Å². The fourth-order valence-corrected chi connectivity index (χ4v) is 3.27. The Morgan fingerprint density at radius 1 is 1.35 bits per heavy atom. The third-order valence-corrected chi connectivity index (χ3v) is 5.10. The number of rotatable bonds is 4. The fourth-order valence-electron chi connectivity index (χ4n) is 1.99. The molecule has 1 aromatic heterocycles. The zero-order valence-electron chi connectivity index (χ0n) is 9.67. The molecule has 0 saturated heterocycles. The first-order valence-corrected chi connectivity index (χ1v) is 6.88. The van der Waals surface area contributed by atoms with Crippen LogP contribution in [0, 0.1) is 0 Å². The normalized spacial score (nSPS) is 12.7. The van der Waals surface area contributed by atoms with E-state index in [1.54, 1.807) is 13.8 Å². The van der Waals surface area contributed by atoms with Crippen LogP contribution < -0.4 is 5.43 Å². The Bertz CT molecular complexity index is 500. The van der Waals surface area contributed by atoms with Gasteiger partial charge in [-0.2, -0.15) is 0 Å². The minimum absolute atomic E-state index is 0.0941. The number of hydrogen-bond donors (Lipinski definition) is 4. The quantitative estimate of drug-likeness (QED) is 0.610. The van der Waals surface area contributed by atoms with Gasteiger partial charge in [-0.15, -0.1) is 0 Å². The molecule has 0 bridgehead atoms. The molecular formula is C10H16NO5P. The van der Waals surface area contributed by atoms with Crippen molar-refractivity contribution < 1.29 is 19.5 Å². The zero-order valence-corrected chi connectivity index (χ0v) is 10.6. The van der Waals surface area contributed by atoms with Crippen molar-refractivity contribution in [1.82, 2.24) is 4.98 Å². The molecule has 0 unspecified atom stereocenters. The summed E-state index contributed by atoms with van der Waals surface area (Å²) >= 11 is 0. The number of pyridine rings is 1. The number of aromatic hydroxyl groups is 1. The van der Waals surface area contributed by atoms with Crippen LogP contribution in [-0.2, 0) is 9.72 Å². The highest BCUT2D eigenvalue weighted by Crippen LogP contribution is 2.61. The van der Waals surface area contributed by atoms with E-state index < -0.39 is 23.9 Å². The van der Waals surface area contributed by atoms with E-state index in [0.29, 0.717) is 0 Å². The number of nitrogens with one attached hydrogen (secondary N) is 1. The Kier molecular flexibility index (Phi) is 3.81. The van der Waals surface area contributed by atoms with Gasteiger partial charge >= 0.3 is 7.60 Å². The molecule has 0 saturated carbocycles. The van der Waals surface area contributed by atoms with Gasteiger partial charge in [-0.1, -0.05) is 13.8 Å². The third-order valence-electron chi connectivity index (χ3n) is 3.13. The predicted octanol–water partition coefficient (Wildman–Crippen LogP) is 1.27. The van der Waals surface area contributed by atoms with Gasteiger partial charge < -0.3 is 19.9 Å². The summed E-state index contributed by atoms with van der Waals surface area (Å²) in [6, 6.07) is 1.11. The molecule has 7 heteroatoms. The zero-order chi connectivity index (χ0) is 13.3. The van der Waals surface area contributed by atoms with Crippen LogP contribution in [0.2, 0.25) is 0 Å². The van der Waals surface area contributed by atoms with Crippen LogP contribution in [0.1, 0.15) is 32.4 Å². The standard InChI is InChI=1S/C10H16NO5P/c1-3-10(4-2,17(14,15)16)9-8(13)7(12)5-6-11-9/h5-6,13H,3-4H2,1-2H3,(H,11,12)(H2,14,15,16). The second-order valence-electron chi connectivity index (χ2n) is 3.85. The number of aromatic nitrogens is 1. The molecule has 0 amide bonds. The average molecular weight is 261 g/mol. The number of aromatic amines is 1. The lowest BCUT2D eigenvalue weighted by molar-refractivity contribution is 0.306. The van der Waals surface area contributed by atoms with Gasteiger partial charge in [-0.3, -0.25) is 9.36 Å². The van der Waals surface area contributed by atoms with Crippen molar-refractivity contribution in [3.8, 4) is 5.75 Å². The van der Waals surface area contributed by atoms with E-state index in [9.17, 15) is 24.3 Å². The molecule has 1 aromatic rings. The summed E-state index contributed by atoms with van der Waals surface area (Å²) in [5.74, 6) is -0.625. The molecule has 4 N–H and O–H groups in total. The van der Waals surface area contributed by atoms with Gasteiger partial charge in [0.25, 0.3) is 0 Å². The van der Waals surface area contributed by atoms with Crippen molar-refractivity contribution in [2.75, 3.05) is 0 Å². The van der Waals surface area contributed by atoms with Crippen LogP contribution >= 0.6 is 7.60 Å². The molecule has 0 radical (unpaired) electrons. The van der Waals surface area contributed by atoms with Gasteiger partial charge in [-0.25, -0.2) is 0 Å². The van der Waals surface area contributed by atoms with Crippen molar-refractivity contribution >= 4 is 7.60 Å². The van der Waals surface area contributed by atoms with Crippen molar-refractivity contribution in [3.05, 3.63) is 28.2 Å². The SMILES string of the molecule is CCC(CC)(c1[nH]ccc(=O)c1O)P(=O)(O)O. The second kappa shape index (κ2) is 4.64. The second-order valence-corrected chi connectivity index (χ2v) is 5.79. The topological polar surface area (TPSA) is 111 Å². The van der Waals surface area contributed by atoms with Crippen LogP contribution in [-0.4, -0.2) is 19.9 Å².